The van der Waals surface area contributed by atoms with Gasteiger partial charge in [-0.3, -0.25) is 0 Å². The van der Waals surface area contributed by atoms with E-state index in [0.29, 0.717) is 11.1 Å². The van der Waals surface area contributed by atoms with Crippen LogP contribution in [0, 0.1) is 23.3 Å². The van der Waals surface area contributed by atoms with Crippen LogP contribution in [0.3, 0.4) is 0 Å². The molecule has 0 aliphatic heterocycles. The summed E-state index contributed by atoms with van der Waals surface area (Å²) in [6.07, 6.45) is 1.70. The van der Waals surface area contributed by atoms with Crippen LogP contribution in [0.5, 0.6) is 5.75 Å². The number of rotatable bonds is 6. The second-order valence-electron chi connectivity index (χ2n) is 6.23. The number of aryl methyl sites for hydroxylation is 1. The van der Waals surface area contributed by atoms with E-state index in [-0.39, 0.29) is 17.9 Å². The lowest BCUT2D eigenvalue weighted by atomic mass is 10.00. The van der Waals surface area contributed by atoms with Crippen molar-refractivity contribution in [2.75, 3.05) is 0 Å². The molecule has 3 aromatic rings. The number of hydrogen-bond acceptors (Lipinski definition) is 1. The largest absolute Gasteiger partial charge is 0.489 e. The normalized spacial score (nSPS) is 10.9. The van der Waals surface area contributed by atoms with Crippen molar-refractivity contribution in [2.45, 2.75) is 26.4 Å². The Labute approximate surface area is 155 Å². The summed E-state index contributed by atoms with van der Waals surface area (Å²) in [4.78, 5) is 0. The zero-order chi connectivity index (χ0) is 19.4. The Hall–Kier alpha value is -2.82. The maximum atomic E-state index is 14.4. The molecule has 1 nitrogen and oxygen atoms in total. The van der Waals surface area contributed by atoms with Crippen molar-refractivity contribution in [1.29, 1.82) is 0 Å². The Kier molecular flexibility index (Phi) is 5.79. The molecular formula is C22H18F4O. The number of ether oxygens (including phenoxy) is 1. The molecular weight excluding hydrogens is 356 g/mol. The van der Waals surface area contributed by atoms with Gasteiger partial charge in [-0.15, -0.1) is 0 Å². The first-order valence-corrected chi connectivity index (χ1v) is 8.63. The van der Waals surface area contributed by atoms with Crippen molar-refractivity contribution in [2.24, 2.45) is 0 Å². The van der Waals surface area contributed by atoms with Gasteiger partial charge in [-0.2, -0.15) is 0 Å². The van der Waals surface area contributed by atoms with Crippen LogP contribution in [0.4, 0.5) is 17.6 Å². The first-order valence-electron chi connectivity index (χ1n) is 8.63. The third kappa shape index (κ3) is 4.48. The second kappa shape index (κ2) is 8.25. The first-order chi connectivity index (χ1) is 13.0. The highest BCUT2D eigenvalue weighted by atomic mass is 19.2. The second-order valence-corrected chi connectivity index (χ2v) is 6.23. The summed E-state index contributed by atoms with van der Waals surface area (Å²) >= 11 is 0. The van der Waals surface area contributed by atoms with Crippen LogP contribution >= 0.6 is 0 Å². The van der Waals surface area contributed by atoms with E-state index < -0.39 is 23.3 Å². The minimum Gasteiger partial charge on any atom is -0.489 e. The fraction of sp³-hybridized carbons (Fsp3) is 0.182. The van der Waals surface area contributed by atoms with E-state index in [9.17, 15) is 17.6 Å². The van der Waals surface area contributed by atoms with E-state index >= 15 is 0 Å². The lowest BCUT2D eigenvalue weighted by Crippen LogP contribution is -2.00. The molecule has 0 saturated carbocycles. The van der Waals surface area contributed by atoms with Crippen molar-refractivity contribution in [1.82, 2.24) is 0 Å². The molecule has 0 spiro atoms. The third-order valence-corrected chi connectivity index (χ3v) is 4.22. The molecule has 0 aliphatic rings. The smallest absolute Gasteiger partial charge is 0.162 e. The van der Waals surface area contributed by atoms with Gasteiger partial charge in [-0.05, 0) is 41.8 Å². The van der Waals surface area contributed by atoms with Crippen molar-refractivity contribution < 1.29 is 22.3 Å². The molecule has 0 radical (unpaired) electrons. The number of hydrogen-bond donors (Lipinski definition) is 0. The van der Waals surface area contributed by atoms with Gasteiger partial charge in [0.05, 0.1) is 0 Å². The molecule has 0 amide bonds. The molecule has 0 aromatic heterocycles. The van der Waals surface area contributed by atoms with Gasteiger partial charge in [0.1, 0.15) is 24.0 Å². The zero-order valence-corrected chi connectivity index (χ0v) is 14.7. The molecule has 0 atom stereocenters. The molecule has 0 aliphatic carbocycles. The van der Waals surface area contributed by atoms with Gasteiger partial charge in [-0.25, -0.2) is 17.6 Å². The average molecular weight is 374 g/mol. The predicted molar refractivity (Wildman–Crippen MR) is 96.5 cm³/mol. The van der Waals surface area contributed by atoms with Crippen LogP contribution in [0.15, 0.2) is 54.6 Å². The highest BCUT2D eigenvalue weighted by molar-refractivity contribution is 5.65. The molecule has 3 aromatic carbocycles. The molecule has 140 valence electrons. The Bertz CT molecular complexity index is 953. The Morgan fingerprint density at radius 3 is 2.22 bits per heavy atom. The summed E-state index contributed by atoms with van der Waals surface area (Å²) in [5, 5.41) is 0. The van der Waals surface area contributed by atoms with Crippen LogP contribution in [0.1, 0.15) is 24.5 Å². The predicted octanol–water partition coefficient (Wildman–Crippen LogP) is 6.44. The lowest BCUT2D eigenvalue weighted by Gasteiger charge is -2.10. The summed E-state index contributed by atoms with van der Waals surface area (Å²) in [7, 11) is 0. The first kappa shape index (κ1) is 19.0. The number of halogens is 4. The standard InChI is InChI=1S/C22H18F4O/c1-2-3-14-4-8-18(21(25)10-14)15-5-6-16(20(24)11-15)13-27-17-7-9-19(23)22(26)12-17/h4-12H,2-3,13H2,1H3. The van der Waals surface area contributed by atoms with Gasteiger partial charge in [0.15, 0.2) is 11.6 Å². The topological polar surface area (TPSA) is 9.23 Å². The van der Waals surface area contributed by atoms with Crippen molar-refractivity contribution in [3.63, 3.8) is 0 Å². The fourth-order valence-corrected chi connectivity index (χ4v) is 2.80. The summed E-state index contributed by atoms with van der Waals surface area (Å²) < 4.78 is 60.1. The quantitative estimate of drug-likeness (QED) is 0.451. The zero-order valence-electron chi connectivity index (χ0n) is 14.7. The van der Waals surface area contributed by atoms with Crippen LogP contribution in [0.2, 0.25) is 0 Å². The Morgan fingerprint density at radius 1 is 0.741 bits per heavy atom. The highest BCUT2D eigenvalue weighted by Crippen LogP contribution is 2.26. The van der Waals surface area contributed by atoms with Gasteiger partial charge in [0.2, 0.25) is 0 Å². The maximum absolute atomic E-state index is 14.4. The summed E-state index contributed by atoms with van der Waals surface area (Å²) in [5.41, 5.74) is 1.87. The third-order valence-electron chi connectivity index (χ3n) is 4.22. The SMILES string of the molecule is CCCc1ccc(-c2ccc(COc3ccc(F)c(F)c3)c(F)c2)c(F)c1. The molecule has 5 heteroatoms. The van der Waals surface area contributed by atoms with Crippen LogP contribution in [-0.4, -0.2) is 0 Å². The van der Waals surface area contributed by atoms with Crippen molar-refractivity contribution in [3.8, 4) is 16.9 Å². The average Bonchev–Trinajstić information content (AvgIpc) is 2.64. The summed E-state index contributed by atoms with van der Waals surface area (Å²) in [6, 6.07) is 12.4. The summed E-state index contributed by atoms with van der Waals surface area (Å²) in [6.45, 7) is 1.86. The van der Waals surface area contributed by atoms with E-state index in [2.05, 4.69) is 0 Å². The lowest BCUT2D eigenvalue weighted by molar-refractivity contribution is 0.297. The van der Waals surface area contributed by atoms with Crippen LogP contribution in [-0.2, 0) is 13.0 Å². The van der Waals surface area contributed by atoms with E-state index in [0.717, 1.165) is 30.5 Å². The Balaban J connectivity index is 1.76. The van der Waals surface area contributed by atoms with Crippen LogP contribution < -0.4 is 4.74 Å². The van der Waals surface area contributed by atoms with Gasteiger partial charge in [0.25, 0.3) is 0 Å². The fourth-order valence-electron chi connectivity index (χ4n) is 2.80. The highest BCUT2D eigenvalue weighted by Gasteiger charge is 2.11. The molecule has 27 heavy (non-hydrogen) atoms. The van der Waals surface area contributed by atoms with Crippen molar-refractivity contribution in [3.05, 3.63) is 89.0 Å². The number of benzene rings is 3. The van der Waals surface area contributed by atoms with Gasteiger partial charge < -0.3 is 4.74 Å². The molecule has 0 N–H and O–H groups in total. The van der Waals surface area contributed by atoms with E-state index in [1.807, 2.05) is 13.0 Å². The van der Waals surface area contributed by atoms with E-state index in [1.165, 1.54) is 24.3 Å². The van der Waals surface area contributed by atoms with E-state index in [4.69, 9.17) is 4.74 Å². The minimum absolute atomic E-state index is 0.0925. The molecule has 0 saturated heterocycles. The van der Waals surface area contributed by atoms with Gasteiger partial charge >= 0.3 is 0 Å². The van der Waals surface area contributed by atoms with Gasteiger partial charge in [0, 0.05) is 17.2 Å². The maximum Gasteiger partial charge on any atom is 0.162 e. The molecule has 0 heterocycles. The van der Waals surface area contributed by atoms with Crippen molar-refractivity contribution >= 4 is 0 Å². The molecule has 0 unspecified atom stereocenters. The minimum atomic E-state index is -1.04. The van der Waals surface area contributed by atoms with E-state index in [1.54, 1.807) is 12.1 Å². The summed E-state index contributed by atoms with van der Waals surface area (Å²) in [5.74, 6) is -2.89. The Morgan fingerprint density at radius 2 is 1.56 bits per heavy atom. The van der Waals surface area contributed by atoms with Crippen LogP contribution in [0.25, 0.3) is 11.1 Å². The molecule has 0 bridgehead atoms. The molecule has 3 rings (SSSR count). The monoisotopic (exact) mass is 374 g/mol. The van der Waals surface area contributed by atoms with Gasteiger partial charge in [-0.1, -0.05) is 37.6 Å². The molecule has 0 fully saturated rings.